The van der Waals surface area contributed by atoms with Gasteiger partial charge in [-0.1, -0.05) is 0 Å². The molecule has 2 aliphatic rings. The first-order valence-corrected chi connectivity index (χ1v) is 3.79. The van der Waals surface area contributed by atoms with Gasteiger partial charge in [0.05, 0.1) is 0 Å². The lowest BCUT2D eigenvalue weighted by Gasteiger charge is -2.03. The Morgan fingerprint density at radius 2 is 2.22 bits per heavy atom. The molecule has 1 heteroatoms. The van der Waals surface area contributed by atoms with Crippen molar-refractivity contribution in [3.8, 4) is 0 Å². The van der Waals surface area contributed by atoms with Crippen LogP contribution < -0.4 is 0 Å². The van der Waals surface area contributed by atoms with Gasteiger partial charge in [-0.25, -0.2) is 0 Å². The molecule has 2 rings (SSSR count). The smallest absolute Gasteiger partial charge is 0.133 e. The van der Waals surface area contributed by atoms with E-state index in [0.29, 0.717) is 11.7 Å². The van der Waals surface area contributed by atoms with E-state index in [-0.39, 0.29) is 0 Å². The number of carbonyl (C=O) groups excluding carboxylic acids is 1. The van der Waals surface area contributed by atoms with Gasteiger partial charge in [0.15, 0.2) is 0 Å². The Hall–Kier alpha value is -0.330. The van der Waals surface area contributed by atoms with Crippen LogP contribution in [0.2, 0.25) is 0 Å². The highest BCUT2D eigenvalue weighted by Gasteiger charge is 2.49. The van der Waals surface area contributed by atoms with Crippen LogP contribution in [0.5, 0.6) is 0 Å². The lowest BCUT2D eigenvalue weighted by molar-refractivity contribution is -0.121. The van der Waals surface area contributed by atoms with Gasteiger partial charge in [0.25, 0.3) is 0 Å². The Kier molecular flexibility index (Phi) is 0.961. The molecule has 2 fully saturated rings. The molecule has 2 saturated carbocycles. The summed E-state index contributed by atoms with van der Waals surface area (Å²) in [4.78, 5) is 10.9. The second-order valence-electron chi connectivity index (χ2n) is 3.45. The van der Waals surface area contributed by atoms with E-state index in [1.807, 2.05) is 0 Å². The molecule has 1 nitrogen and oxygen atoms in total. The fourth-order valence-corrected chi connectivity index (χ4v) is 2.21. The normalized spacial score (nSPS) is 46.6. The number of ketones is 1. The summed E-state index contributed by atoms with van der Waals surface area (Å²) in [5, 5.41) is 0. The number of fused-ring (bicyclic) bond motifs is 1. The van der Waals surface area contributed by atoms with Crippen molar-refractivity contribution in [2.45, 2.75) is 26.2 Å². The van der Waals surface area contributed by atoms with Gasteiger partial charge >= 0.3 is 0 Å². The summed E-state index contributed by atoms with van der Waals surface area (Å²) >= 11 is 0. The Morgan fingerprint density at radius 3 is 2.44 bits per heavy atom. The minimum Gasteiger partial charge on any atom is -0.300 e. The first-order valence-electron chi connectivity index (χ1n) is 3.79. The van der Waals surface area contributed by atoms with Crippen molar-refractivity contribution in [3.05, 3.63) is 0 Å². The minimum atomic E-state index is 0.431. The second-order valence-corrected chi connectivity index (χ2v) is 3.45. The third kappa shape index (κ3) is 0.707. The maximum absolute atomic E-state index is 10.9. The average molecular weight is 124 g/mol. The van der Waals surface area contributed by atoms with E-state index in [1.54, 1.807) is 6.92 Å². The Balaban J connectivity index is 2.06. The lowest BCUT2D eigenvalue weighted by atomic mass is 10.00. The molecular weight excluding hydrogens is 112 g/mol. The minimum absolute atomic E-state index is 0.431. The quantitative estimate of drug-likeness (QED) is 0.519. The maximum Gasteiger partial charge on any atom is 0.133 e. The number of Topliss-reactive ketones (excluding diaryl/α,β-unsaturated/α-hetero) is 1. The summed E-state index contributed by atoms with van der Waals surface area (Å²) in [6.45, 7) is 1.74. The molecule has 0 spiro atoms. The van der Waals surface area contributed by atoms with Gasteiger partial charge in [-0.05, 0) is 38.0 Å². The zero-order valence-electron chi connectivity index (χ0n) is 5.76. The van der Waals surface area contributed by atoms with Gasteiger partial charge in [0.1, 0.15) is 5.78 Å². The molecule has 2 aliphatic carbocycles. The van der Waals surface area contributed by atoms with E-state index in [4.69, 9.17) is 0 Å². The molecular formula is C8H12O. The van der Waals surface area contributed by atoms with Crippen LogP contribution in [0, 0.1) is 17.8 Å². The molecule has 0 aromatic carbocycles. The Bertz CT molecular complexity index is 151. The fraction of sp³-hybridized carbons (Fsp3) is 0.875. The average Bonchev–Trinajstić information content (AvgIpc) is 2.43. The first kappa shape index (κ1) is 5.45. The molecule has 50 valence electrons. The van der Waals surface area contributed by atoms with E-state index >= 15 is 0 Å². The van der Waals surface area contributed by atoms with Crippen LogP contribution in [0.15, 0.2) is 0 Å². The van der Waals surface area contributed by atoms with Gasteiger partial charge in [0, 0.05) is 5.92 Å². The second kappa shape index (κ2) is 1.59. The monoisotopic (exact) mass is 124 g/mol. The summed E-state index contributed by atoms with van der Waals surface area (Å²) in [5.74, 6) is 2.68. The topological polar surface area (TPSA) is 17.1 Å². The highest BCUT2D eigenvalue weighted by atomic mass is 16.1. The van der Waals surface area contributed by atoms with Crippen LogP contribution in [-0.4, -0.2) is 5.78 Å². The highest BCUT2D eigenvalue weighted by molar-refractivity contribution is 5.79. The van der Waals surface area contributed by atoms with E-state index in [9.17, 15) is 4.79 Å². The van der Waals surface area contributed by atoms with Crippen molar-refractivity contribution in [1.82, 2.24) is 0 Å². The van der Waals surface area contributed by atoms with E-state index in [1.165, 1.54) is 19.3 Å². The van der Waals surface area contributed by atoms with Gasteiger partial charge in [-0.2, -0.15) is 0 Å². The molecule has 0 amide bonds. The van der Waals surface area contributed by atoms with Crippen LogP contribution in [0.4, 0.5) is 0 Å². The zero-order valence-corrected chi connectivity index (χ0v) is 5.76. The van der Waals surface area contributed by atoms with Crippen LogP contribution in [0.1, 0.15) is 26.2 Å². The standard InChI is InChI=1S/C8H12O/c1-5(9)7-3-2-6-4-8(6)7/h6-8H,2-4H2,1H3. The molecule has 0 heterocycles. The molecule has 3 atom stereocenters. The van der Waals surface area contributed by atoms with Crippen LogP contribution >= 0.6 is 0 Å². The SMILES string of the molecule is CC(=O)C1CCC2CC21. The summed E-state index contributed by atoms with van der Waals surface area (Å²) in [6.07, 6.45) is 3.86. The van der Waals surface area contributed by atoms with Gasteiger partial charge in [-0.15, -0.1) is 0 Å². The van der Waals surface area contributed by atoms with Gasteiger partial charge < -0.3 is 0 Å². The lowest BCUT2D eigenvalue weighted by Crippen LogP contribution is -2.09. The summed E-state index contributed by atoms with van der Waals surface area (Å²) in [7, 11) is 0. The predicted octanol–water partition coefficient (Wildman–Crippen LogP) is 1.62. The maximum atomic E-state index is 10.9. The van der Waals surface area contributed by atoms with Crippen molar-refractivity contribution in [2.24, 2.45) is 17.8 Å². The molecule has 0 aromatic rings. The summed E-state index contributed by atoms with van der Waals surface area (Å²) in [6, 6.07) is 0. The fourth-order valence-electron chi connectivity index (χ4n) is 2.21. The van der Waals surface area contributed by atoms with Crippen LogP contribution in [0.3, 0.4) is 0 Å². The first-order chi connectivity index (χ1) is 4.29. The Morgan fingerprint density at radius 1 is 1.44 bits per heavy atom. The molecule has 0 saturated heterocycles. The number of rotatable bonds is 1. The number of hydrogen-bond acceptors (Lipinski definition) is 1. The number of hydrogen-bond donors (Lipinski definition) is 0. The van der Waals surface area contributed by atoms with Crippen LogP contribution in [-0.2, 0) is 4.79 Å². The van der Waals surface area contributed by atoms with Gasteiger partial charge in [0.2, 0.25) is 0 Å². The predicted molar refractivity (Wildman–Crippen MR) is 35.0 cm³/mol. The Labute approximate surface area is 55.4 Å². The molecule has 3 unspecified atom stereocenters. The van der Waals surface area contributed by atoms with E-state index < -0.39 is 0 Å². The summed E-state index contributed by atoms with van der Waals surface area (Å²) in [5.41, 5.74) is 0. The van der Waals surface area contributed by atoms with E-state index in [2.05, 4.69) is 0 Å². The van der Waals surface area contributed by atoms with Gasteiger partial charge in [-0.3, -0.25) is 4.79 Å². The van der Waals surface area contributed by atoms with Crippen molar-refractivity contribution in [1.29, 1.82) is 0 Å². The summed E-state index contributed by atoms with van der Waals surface area (Å²) < 4.78 is 0. The van der Waals surface area contributed by atoms with Crippen molar-refractivity contribution >= 4 is 5.78 Å². The van der Waals surface area contributed by atoms with E-state index in [0.717, 1.165) is 11.8 Å². The third-order valence-electron chi connectivity index (χ3n) is 2.86. The molecule has 9 heavy (non-hydrogen) atoms. The molecule has 0 radical (unpaired) electrons. The van der Waals surface area contributed by atoms with Crippen molar-refractivity contribution in [3.63, 3.8) is 0 Å². The third-order valence-corrected chi connectivity index (χ3v) is 2.86. The molecule has 0 N–H and O–H groups in total. The highest BCUT2D eigenvalue weighted by Crippen LogP contribution is 2.55. The molecule has 0 aliphatic heterocycles. The zero-order chi connectivity index (χ0) is 6.43. The van der Waals surface area contributed by atoms with Crippen molar-refractivity contribution < 1.29 is 4.79 Å². The number of carbonyl (C=O) groups is 1. The molecule has 0 aromatic heterocycles. The van der Waals surface area contributed by atoms with Crippen LogP contribution in [0.25, 0.3) is 0 Å². The largest absolute Gasteiger partial charge is 0.300 e. The molecule has 0 bridgehead atoms. The van der Waals surface area contributed by atoms with Crippen molar-refractivity contribution in [2.75, 3.05) is 0 Å².